The predicted molar refractivity (Wildman–Crippen MR) is 134 cm³/mol. The normalized spacial score (nSPS) is 17.8. The Balaban J connectivity index is 1.76. The number of carbonyl (C=O) groups excluding carboxylic acids is 2. The molecular weight excluding hydrogens is 500 g/mol. The van der Waals surface area contributed by atoms with Gasteiger partial charge in [0.05, 0.1) is 21.8 Å². The highest BCUT2D eigenvalue weighted by Crippen LogP contribution is 2.45. The van der Waals surface area contributed by atoms with Crippen LogP contribution in [0.5, 0.6) is 0 Å². The minimum atomic E-state index is -0.801. The molecule has 0 radical (unpaired) electrons. The molecule has 7 heteroatoms. The van der Waals surface area contributed by atoms with Crippen molar-refractivity contribution >= 4 is 60.1 Å². The molecule has 164 valence electrons. The lowest BCUT2D eigenvalue weighted by atomic mass is 9.95. The van der Waals surface area contributed by atoms with E-state index in [0.29, 0.717) is 16.3 Å². The van der Waals surface area contributed by atoms with Crippen LogP contribution < -0.4 is 4.90 Å². The van der Waals surface area contributed by atoms with Crippen LogP contribution in [0, 0.1) is 13.8 Å². The first kappa shape index (κ1) is 21.6. The molecule has 1 atom stereocenters. The van der Waals surface area contributed by atoms with Crippen LogP contribution in [0.15, 0.2) is 76.8 Å². The summed E-state index contributed by atoms with van der Waals surface area (Å²) >= 11 is 4.85. The van der Waals surface area contributed by atoms with Gasteiger partial charge in [0.2, 0.25) is 0 Å². The Bertz CT molecular complexity index is 1460. The number of amides is 1. The monoisotopic (exact) mass is 518 g/mol. The number of fused-ring (bicyclic) bond motifs is 1. The van der Waals surface area contributed by atoms with E-state index in [2.05, 4.69) is 15.9 Å². The molecule has 5 rings (SSSR count). The van der Waals surface area contributed by atoms with E-state index < -0.39 is 17.7 Å². The van der Waals surface area contributed by atoms with Gasteiger partial charge in [-0.2, -0.15) is 0 Å². The molecule has 1 amide bonds. The highest BCUT2D eigenvalue weighted by atomic mass is 79.9. The van der Waals surface area contributed by atoms with E-state index in [4.69, 9.17) is 4.98 Å². The summed E-state index contributed by atoms with van der Waals surface area (Å²) in [5.41, 5.74) is 4.15. The van der Waals surface area contributed by atoms with Gasteiger partial charge in [-0.15, -0.1) is 0 Å². The number of aliphatic hydroxyl groups is 1. The molecule has 4 aromatic rings. The van der Waals surface area contributed by atoms with E-state index in [9.17, 15) is 14.7 Å². The van der Waals surface area contributed by atoms with E-state index >= 15 is 0 Å². The fourth-order valence-corrected chi connectivity index (χ4v) is 5.82. The number of aromatic nitrogens is 1. The van der Waals surface area contributed by atoms with Crippen molar-refractivity contribution in [2.24, 2.45) is 0 Å². The summed E-state index contributed by atoms with van der Waals surface area (Å²) < 4.78 is 1.75. The van der Waals surface area contributed by atoms with Gasteiger partial charge in [-0.3, -0.25) is 14.5 Å². The molecule has 1 fully saturated rings. The lowest BCUT2D eigenvalue weighted by Gasteiger charge is -2.23. The Morgan fingerprint density at radius 1 is 1.03 bits per heavy atom. The third-order valence-electron chi connectivity index (χ3n) is 5.68. The number of Topliss-reactive ketones (excluding diaryl/α,β-unsaturated/α-hetero) is 1. The molecule has 0 aliphatic carbocycles. The van der Waals surface area contributed by atoms with Crippen molar-refractivity contribution < 1.29 is 14.7 Å². The molecule has 5 nitrogen and oxygen atoms in total. The Morgan fingerprint density at radius 2 is 1.79 bits per heavy atom. The number of hydrogen-bond acceptors (Lipinski definition) is 5. The second kappa shape index (κ2) is 8.24. The molecular formula is C26H19BrN2O3S. The van der Waals surface area contributed by atoms with Crippen LogP contribution in [-0.4, -0.2) is 21.8 Å². The van der Waals surface area contributed by atoms with Gasteiger partial charge in [-0.05, 0) is 48.7 Å². The predicted octanol–water partition coefficient (Wildman–Crippen LogP) is 6.30. The highest BCUT2D eigenvalue weighted by Gasteiger charge is 2.48. The maximum absolute atomic E-state index is 13.3. The molecule has 1 aliphatic heterocycles. The number of benzene rings is 3. The van der Waals surface area contributed by atoms with Gasteiger partial charge in [-0.1, -0.05) is 75.8 Å². The molecule has 3 aromatic carbocycles. The Kier molecular flexibility index (Phi) is 5.38. The van der Waals surface area contributed by atoms with Crippen molar-refractivity contribution in [3.05, 3.63) is 99.0 Å². The minimum absolute atomic E-state index is 0.0523. The average Bonchev–Trinajstić information content (AvgIpc) is 3.33. The van der Waals surface area contributed by atoms with Crippen molar-refractivity contribution in [3.63, 3.8) is 0 Å². The molecule has 0 saturated carbocycles. The molecule has 1 N–H and O–H groups in total. The zero-order chi connectivity index (χ0) is 23.3. The summed E-state index contributed by atoms with van der Waals surface area (Å²) in [5.74, 6) is -1.63. The molecule has 0 spiro atoms. The van der Waals surface area contributed by atoms with E-state index in [1.807, 2.05) is 56.3 Å². The second-order valence-corrected chi connectivity index (χ2v) is 9.94. The number of aryl methyl sites for hydroxylation is 2. The van der Waals surface area contributed by atoms with Crippen molar-refractivity contribution in [2.75, 3.05) is 4.90 Å². The fourth-order valence-electron chi connectivity index (χ4n) is 4.24. The van der Waals surface area contributed by atoms with Gasteiger partial charge >= 0.3 is 5.91 Å². The minimum Gasteiger partial charge on any atom is -0.507 e. The summed E-state index contributed by atoms with van der Waals surface area (Å²) in [6, 6.07) is 19.5. The number of carbonyl (C=O) groups is 2. The van der Waals surface area contributed by atoms with Gasteiger partial charge in [0, 0.05) is 10.0 Å². The number of halogens is 1. The zero-order valence-electron chi connectivity index (χ0n) is 17.9. The van der Waals surface area contributed by atoms with Crippen molar-refractivity contribution in [1.29, 1.82) is 0 Å². The molecule has 1 saturated heterocycles. The summed E-state index contributed by atoms with van der Waals surface area (Å²) in [4.78, 5) is 32.8. The Labute approximate surface area is 203 Å². The Morgan fingerprint density at radius 3 is 2.52 bits per heavy atom. The maximum Gasteiger partial charge on any atom is 0.301 e. The fraction of sp³-hybridized carbons (Fsp3) is 0.115. The number of rotatable bonds is 3. The van der Waals surface area contributed by atoms with Crippen molar-refractivity contribution in [2.45, 2.75) is 19.9 Å². The van der Waals surface area contributed by atoms with Crippen LogP contribution in [0.2, 0.25) is 0 Å². The summed E-state index contributed by atoms with van der Waals surface area (Å²) in [7, 11) is 0. The number of anilines is 1. The summed E-state index contributed by atoms with van der Waals surface area (Å²) in [6.45, 7) is 3.99. The van der Waals surface area contributed by atoms with Gasteiger partial charge in [0.25, 0.3) is 5.78 Å². The third kappa shape index (κ3) is 3.67. The second-order valence-electron chi connectivity index (χ2n) is 8.02. The van der Waals surface area contributed by atoms with E-state index in [1.165, 1.54) is 16.2 Å². The zero-order valence-corrected chi connectivity index (χ0v) is 20.3. The molecule has 0 bridgehead atoms. The molecule has 1 aliphatic rings. The van der Waals surface area contributed by atoms with Crippen LogP contribution in [-0.2, 0) is 9.59 Å². The van der Waals surface area contributed by atoms with E-state index in [-0.39, 0.29) is 11.3 Å². The van der Waals surface area contributed by atoms with Crippen LogP contribution in [0.1, 0.15) is 28.3 Å². The molecule has 1 unspecified atom stereocenters. The first-order valence-electron chi connectivity index (χ1n) is 10.3. The van der Waals surface area contributed by atoms with Gasteiger partial charge < -0.3 is 5.11 Å². The average molecular weight is 519 g/mol. The van der Waals surface area contributed by atoms with Crippen LogP contribution in [0.4, 0.5) is 5.13 Å². The quantitative estimate of drug-likeness (QED) is 0.196. The first-order chi connectivity index (χ1) is 15.8. The van der Waals surface area contributed by atoms with Gasteiger partial charge in [0.15, 0.2) is 5.13 Å². The smallest absolute Gasteiger partial charge is 0.301 e. The van der Waals surface area contributed by atoms with Gasteiger partial charge in [-0.25, -0.2) is 4.98 Å². The number of hydrogen-bond donors (Lipinski definition) is 1. The van der Waals surface area contributed by atoms with Crippen LogP contribution >= 0.6 is 27.3 Å². The molecule has 33 heavy (non-hydrogen) atoms. The number of nitrogens with zero attached hydrogens (tertiary/aromatic N) is 2. The van der Waals surface area contributed by atoms with Crippen LogP contribution in [0.3, 0.4) is 0 Å². The summed E-state index contributed by atoms with van der Waals surface area (Å²) in [5, 5.41) is 11.6. The van der Waals surface area contributed by atoms with Gasteiger partial charge in [0.1, 0.15) is 5.76 Å². The van der Waals surface area contributed by atoms with Crippen molar-refractivity contribution in [1.82, 2.24) is 4.98 Å². The summed E-state index contributed by atoms with van der Waals surface area (Å²) in [6.07, 6.45) is 0. The Hall–Kier alpha value is -3.29. The molecule has 1 aromatic heterocycles. The topological polar surface area (TPSA) is 70.5 Å². The van der Waals surface area contributed by atoms with E-state index in [1.54, 1.807) is 24.3 Å². The highest BCUT2D eigenvalue weighted by molar-refractivity contribution is 9.10. The SMILES string of the molecule is Cc1cc(C)c2nc(N3C(=O)C(=O)C(=C(O)c4ccccc4)C3c3cccc(Br)c3)sc2c1. The standard InChI is InChI=1S/C26H19BrN2O3S/c1-14-11-15(2)21-19(12-14)33-26(28-21)29-22(17-9-6-10-18(27)13-17)20(24(31)25(29)32)23(30)16-7-4-3-5-8-16/h3-13,22,30H,1-2H3. The lowest BCUT2D eigenvalue weighted by molar-refractivity contribution is -0.132. The third-order valence-corrected chi connectivity index (χ3v) is 7.18. The maximum atomic E-state index is 13.3. The van der Waals surface area contributed by atoms with Crippen molar-refractivity contribution in [3.8, 4) is 0 Å². The largest absolute Gasteiger partial charge is 0.507 e. The number of aliphatic hydroxyl groups excluding tert-OH is 1. The number of thiazole rings is 1. The number of ketones is 1. The molecule has 2 heterocycles. The van der Waals surface area contributed by atoms with Crippen LogP contribution in [0.25, 0.3) is 16.0 Å². The van der Waals surface area contributed by atoms with E-state index in [0.717, 1.165) is 25.8 Å². The first-order valence-corrected chi connectivity index (χ1v) is 12.0. The lowest BCUT2D eigenvalue weighted by Crippen LogP contribution is -2.29.